The van der Waals surface area contributed by atoms with E-state index in [4.69, 9.17) is 9.84 Å². The lowest BCUT2D eigenvalue weighted by Gasteiger charge is -2.35. The number of esters is 1. The third-order valence-corrected chi connectivity index (χ3v) is 3.09. The Balaban J connectivity index is 2.78. The molecule has 1 unspecified atom stereocenters. The second-order valence-corrected chi connectivity index (χ2v) is 5.07. The van der Waals surface area contributed by atoms with Crippen LogP contribution in [0.2, 0.25) is 0 Å². The van der Waals surface area contributed by atoms with E-state index in [1.807, 2.05) is 0 Å². The minimum Gasteiger partial charge on any atom is -0.481 e. The largest absolute Gasteiger partial charge is 0.481 e. The van der Waals surface area contributed by atoms with Crippen LogP contribution in [-0.4, -0.2) is 60.8 Å². The molecule has 1 atom stereocenters. The number of methoxy groups -OCH3 is 1. The van der Waals surface area contributed by atoms with Crippen molar-refractivity contribution >= 4 is 17.8 Å². The number of rotatable bonds is 4. The van der Waals surface area contributed by atoms with Gasteiger partial charge in [0, 0.05) is 13.0 Å². The summed E-state index contributed by atoms with van der Waals surface area (Å²) < 4.78 is 9.77. The van der Waals surface area contributed by atoms with Gasteiger partial charge in [0.1, 0.15) is 0 Å². The van der Waals surface area contributed by atoms with Crippen LogP contribution in [0.4, 0.5) is 0 Å². The molecular weight excluding hydrogens is 254 g/mol. The Hall–Kier alpha value is -1.63. The summed E-state index contributed by atoms with van der Waals surface area (Å²) in [7, 11) is 1.24. The van der Waals surface area contributed by atoms with E-state index in [1.165, 1.54) is 25.9 Å². The normalized spacial score (nSPS) is 19.9. The second kappa shape index (κ2) is 6.01. The van der Waals surface area contributed by atoms with Crippen LogP contribution in [-0.2, 0) is 23.9 Å². The van der Waals surface area contributed by atoms with Crippen molar-refractivity contribution in [2.75, 3.05) is 26.9 Å². The maximum atomic E-state index is 12.1. The van der Waals surface area contributed by atoms with Gasteiger partial charge < -0.3 is 19.5 Å². The minimum absolute atomic E-state index is 0.0753. The van der Waals surface area contributed by atoms with Gasteiger partial charge in [-0.2, -0.15) is 0 Å². The molecule has 7 heteroatoms. The third kappa shape index (κ3) is 3.66. The Morgan fingerprint density at radius 2 is 2.05 bits per heavy atom. The van der Waals surface area contributed by atoms with Gasteiger partial charge in [0.25, 0.3) is 0 Å². The number of carbonyl (C=O) groups is 3. The van der Waals surface area contributed by atoms with Crippen LogP contribution in [0.5, 0.6) is 0 Å². The predicted molar refractivity (Wildman–Crippen MR) is 64.4 cm³/mol. The Bertz CT molecular complexity index is 378. The van der Waals surface area contributed by atoms with E-state index in [0.29, 0.717) is 6.61 Å². The summed E-state index contributed by atoms with van der Waals surface area (Å²) in [4.78, 5) is 36.1. The average Bonchev–Trinajstić information content (AvgIpc) is 2.37. The molecular formula is C12H19NO6. The number of carbonyl (C=O) groups excluding carboxylic acids is 2. The van der Waals surface area contributed by atoms with Crippen LogP contribution in [0.15, 0.2) is 0 Å². The van der Waals surface area contributed by atoms with Crippen molar-refractivity contribution in [3.63, 3.8) is 0 Å². The van der Waals surface area contributed by atoms with Crippen LogP contribution >= 0.6 is 0 Å². The fourth-order valence-corrected chi connectivity index (χ4v) is 1.79. The first-order chi connectivity index (χ1) is 8.79. The Kier molecular flexibility index (Phi) is 4.88. The number of nitrogens with zero attached hydrogens (tertiary/aromatic N) is 1. The maximum Gasteiger partial charge on any atom is 0.331 e. The fourth-order valence-electron chi connectivity index (χ4n) is 1.79. The van der Waals surface area contributed by atoms with Gasteiger partial charge in [-0.05, 0) is 13.8 Å². The number of carboxylic acid groups (broad SMARTS) is 1. The number of hydrogen-bond donors (Lipinski definition) is 1. The van der Waals surface area contributed by atoms with Crippen molar-refractivity contribution in [1.29, 1.82) is 0 Å². The molecule has 1 amide bonds. The fraction of sp³-hybridized carbons (Fsp3) is 0.750. The Labute approximate surface area is 111 Å². The maximum absolute atomic E-state index is 12.1. The molecule has 1 N–H and O–H groups in total. The van der Waals surface area contributed by atoms with E-state index in [-0.39, 0.29) is 25.5 Å². The highest BCUT2D eigenvalue weighted by Crippen LogP contribution is 2.23. The number of morpholine rings is 1. The summed E-state index contributed by atoms with van der Waals surface area (Å²) in [6.45, 7) is 3.61. The zero-order chi connectivity index (χ0) is 14.6. The Morgan fingerprint density at radius 3 is 2.58 bits per heavy atom. The number of carboxylic acids is 1. The van der Waals surface area contributed by atoms with Gasteiger partial charge in [-0.3, -0.25) is 9.59 Å². The summed E-state index contributed by atoms with van der Waals surface area (Å²) in [6, 6.07) is -0.796. The highest BCUT2D eigenvalue weighted by molar-refractivity contribution is 5.88. The molecule has 0 saturated carbocycles. The van der Waals surface area contributed by atoms with Gasteiger partial charge in [-0.15, -0.1) is 0 Å². The van der Waals surface area contributed by atoms with Gasteiger partial charge in [-0.1, -0.05) is 0 Å². The minimum atomic E-state index is -1.17. The van der Waals surface area contributed by atoms with Crippen LogP contribution in [0.1, 0.15) is 20.3 Å². The van der Waals surface area contributed by atoms with Gasteiger partial charge in [0.15, 0.2) is 6.04 Å². The molecule has 0 aromatic rings. The monoisotopic (exact) mass is 273 g/mol. The first-order valence-corrected chi connectivity index (χ1v) is 5.98. The lowest BCUT2D eigenvalue weighted by atomic mass is 9.88. The zero-order valence-electron chi connectivity index (χ0n) is 11.3. The molecule has 1 aliphatic heterocycles. The SMILES string of the molecule is COC(=O)C1COCCN1C(=O)CC(C)(C)C(=O)O. The van der Waals surface area contributed by atoms with E-state index in [2.05, 4.69) is 4.74 Å². The lowest BCUT2D eigenvalue weighted by Crippen LogP contribution is -2.54. The molecule has 0 aromatic carbocycles. The van der Waals surface area contributed by atoms with Crippen molar-refractivity contribution in [2.24, 2.45) is 5.41 Å². The lowest BCUT2D eigenvalue weighted by molar-refractivity contribution is -0.163. The summed E-state index contributed by atoms with van der Waals surface area (Å²) in [6.07, 6.45) is -0.171. The number of hydrogen-bond acceptors (Lipinski definition) is 5. The van der Waals surface area contributed by atoms with Gasteiger partial charge in [0.2, 0.25) is 5.91 Å². The number of aliphatic carboxylic acids is 1. The number of amides is 1. The predicted octanol–water partition coefficient (Wildman–Crippen LogP) is -0.112. The molecule has 1 rings (SSSR count). The van der Waals surface area contributed by atoms with Crippen LogP contribution in [0.25, 0.3) is 0 Å². The highest BCUT2D eigenvalue weighted by atomic mass is 16.5. The first kappa shape index (κ1) is 15.4. The first-order valence-electron chi connectivity index (χ1n) is 5.98. The van der Waals surface area contributed by atoms with E-state index in [9.17, 15) is 14.4 Å². The molecule has 0 bridgehead atoms. The van der Waals surface area contributed by atoms with Crippen molar-refractivity contribution < 1.29 is 29.0 Å². The van der Waals surface area contributed by atoms with Crippen molar-refractivity contribution in [2.45, 2.75) is 26.3 Å². The summed E-state index contributed by atoms with van der Waals surface area (Å²) in [5, 5.41) is 9.02. The molecule has 108 valence electrons. The van der Waals surface area contributed by atoms with Crippen molar-refractivity contribution in [3.8, 4) is 0 Å². The zero-order valence-corrected chi connectivity index (χ0v) is 11.3. The molecule has 0 aliphatic carbocycles. The molecule has 1 fully saturated rings. The van der Waals surface area contributed by atoms with Crippen molar-refractivity contribution in [1.82, 2.24) is 4.90 Å². The second-order valence-electron chi connectivity index (χ2n) is 5.07. The summed E-state index contributed by atoms with van der Waals surface area (Å²) in [5.74, 6) is -1.99. The summed E-state index contributed by atoms with van der Waals surface area (Å²) in [5.41, 5.74) is -1.17. The van der Waals surface area contributed by atoms with Gasteiger partial charge in [-0.25, -0.2) is 4.79 Å². The molecule has 0 radical (unpaired) electrons. The number of ether oxygens (including phenoxy) is 2. The van der Waals surface area contributed by atoms with Crippen LogP contribution in [0.3, 0.4) is 0 Å². The molecule has 1 heterocycles. The smallest absolute Gasteiger partial charge is 0.331 e. The molecule has 0 spiro atoms. The molecule has 1 saturated heterocycles. The molecule has 1 aliphatic rings. The highest BCUT2D eigenvalue weighted by Gasteiger charge is 2.38. The van der Waals surface area contributed by atoms with E-state index >= 15 is 0 Å². The Morgan fingerprint density at radius 1 is 1.42 bits per heavy atom. The topological polar surface area (TPSA) is 93.1 Å². The van der Waals surface area contributed by atoms with E-state index in [1.54, 1.807) is 0 Å². The van der Waals surface area contributed by atoms with Gasteiger partial charge >= 0.3 is 11.9 Å². The average molecular weight is 273 g/mol. The summed E-state index contributed by atoms with van der Waals surface area (Å²) >= 11 is 0. The van der Waals surface area contributed by atoms with Crippen molar-refractivity contribution in [3.05, 3.63) is 0 Å². The molecule has 19 heavy (non-hydrogen) atoms. The quantitative estimate of drug-likeness (QED) is 0.718. The third-order valence-electron chi connectivity index (χ3n) is 3.09. The van der Waals surface area contributed by atoms with E-state index < -0.39 is 23.4 Å². The van der Waals surface area contributed by atoms with Crippen LogP contribution in [0, 0.1) is 5.41 Å². The molecule has 7 nitrogen and oxygen atoms in total. The van der Waals surface area contributed by atoms with Gasteiger partial charge in [0.05, 0.1) is 25.7 Å². The molecule has 0 aromatic heterocycles. The van der Waals surface area contributed by atoms with Crippen LogP contribution < -0.4 is 0 Å². The van der Waals surface area contributed by atoms with E-state index in [0.717, 1.165) is 0 Å². The standard InChI is InChI=1S/C12H19NO6/c1-12(2,11(16)17)6-9(14)13-4-5-19-7-8(13)10(15)18-3/h8H,4-7H2,1-3H3,(H,16,17).